The number of alkyl halides is 3. The number of cyclic esters (lactones) is 2. The van der Waals surface area contributed by atoms with Crippen LogP contribution in [-0.2, 0) is 25.2 Å². The van der Waals surface area contributed by atoms with Crippen LogP contribution in [0.3, 0.4) is 0 Å². The molecule has 9 heteroatoms. The average Bonchev–Trinajstić information content (AvgIpc) is 2.44. The first-order chi connectivity index (χ1) is 11.0. The van der Waals surface area contributed by atoms with Crippen molar-refractivity contribution >= 4 is 17.8 Å². The van der Waals surface area contributed by atoms with E-state index in [9.17, 15) is 27.6 Å². The first kappa shape index (κ1) is 17.5. The van der Waals surface area contributed by atoms with Crippen LogP contribution in [0.1, 0.15) is 29.8 Å². The Morgan fingerprint density at radius 3 is 2.29 bits per heavy atom. The number of halogens is 3. The van der Waals surface area contributed by atoms with Crippen LogP contribution in [0.15, 0.2) is 36.0 Å². The van der Waals surface area contributed by atoms with E-state index in [1.165, 1.54) is 13.8 Å². The molecule has 1 aromatic rings. The first-order valence-electron chi connectivity index (χ1n) is 6.64. The molecular weight excluding hydrogens is 331 g/mol. The van der Waals surface area contributed by atoms with E-state index in [0.717, 1.165) is 24.4 Å². The van der Waals surface area contributed by atoms with Gasteiger partial charge in [-0.2, -0.15) is 13.2 Å². The molecule has 128 valence electrons. The molecule has 2 rings (SSSR count). The smallest absolute Gasteiger partial charge is 0.416 e. The van der Waals surface area contributed by atoms with Gasteiger partial charge in [-0.1, -0.05) is 6.07 Å². The second kappa shape index (κ2) is 5.99. The molecule has 0 saturated carbocycles. The summed E-state index contributed by atoms with van der Waals surface area (Å²) in [6.07, 6.45) is -3.86. The summed E-state index contributed by atoms with van der Waals surface area (Å²) in [5, 5.41) is 2.07. The summed E-state index contributed by atoms with van der Waals surface area (Å²) in [4.78, 5) is 35.2. The lowest BCUT2D eigenvalue weighted by molar-refractivity contribution is -0.222. The van der Waals surface area contributed by atoms with E-state index in [-0.39, 0.29) is 5.56 Å². The van der Waals surface area contributed by atoms with Crippen LogP contribution in [-0.4, -0.2) is 23.6 Å². The Kier molecular flexibility index (Phi) is 4.37. The van der Waals surface area contributed by atoms with Crippen LogP contribution >= 0.6 is 0 Å². The summed E-state index contributed by atoms with van der Waals surface area (Å²) in [6, 6.07) is 3.68. The van der Waals surface area contributed by atoms with Crippen LogP contribution in [0.25, 0.3) is 0 Å². The molecule has 24 heavy (non-hydrogen) atoms. The molecule has 0 bridgehead atoms. The Labute approximate surface area is 134 Å². The number of amides is 1. The van der Waals surface area contributed by atoms with Crippen molar-refractivity contribution in [3.8, 4) is 0 Å². The zero-order chi connectivity index (χ0) is 18.1. The fraction of sp³-hybridized carbons (Fsp3) is 0.267. The zero-order valence-corrected chi connectivity index (χ0v) is 12.6. The third-order valence-corrected chi connectivity index (χ3v) is 2.92. The highest BCUT2D eigenvalue weighted by Crippen LogP contribution is 2.29. The predicted octanol–water partition coefficient (Wildman–Crippen LogP) is 2.16. The maximum absolute atomic E-state index is 12.6. The largest absolute Gasteiger partial charge is 0.419 e. The van der Waals surface area contributed by atoms with Gasteiger partial charge in [-0.25, -0.2) is 9.59 Å². The summed E-state index contributed by atoms with van der Waals surface area (Å²) < 4.78 is 47.5. The van der Waals surface area contributed by atoms with Gasteiger partial charge in [-0.05, 0) is 18.2 Å². The second-order valence-corrected chi connectivity index (χ2v) is 5.29. The zero-order valence-electron chi connectivity index (χ0n) is 12.6. The van der Waals surface area contributed by atoms with Gasteiger partial charge in [-0.3, -0.25) is 4.79 Å². The van der Waals surface area contributed by atoms with Gasteiger partial charge in [0.1, 0.15) is 0 Å². The highest BCUT2D eigenvalue weighted by Gasteiger charge is 2.39. The van der Waals surface area contributed by atoms with Crippen molar-refractivity contribution in [1.29, 1.82) is 0 Å². The van der Waals surface area contributed by atoms with E-state index in [0.29, 0.717) is 6.07 Å². The molecule has 0 spiro atoms. The molecule has 1 saturated heterocycles. The summed E-state index contributed by atoms with van der Waals surface area (Å²) in [7, 11) is 0. The maximum atomic E-state index is 12.6. The van der Waals surface area contributed by atoms with Crippen LogP contribution in [0.4, 0.5) is 13.2 Å². The Hall–Kier alpha value is -2.84. The van der Waals surface area contributed by atoms with Gasteiger partial charge in [0.2, 0.25) is 0 Å². The molecule has 0 aromatic heterocycles. The molecule has 1 N–H and O–H groups in total. The molecule has 1 aliphatic rings. The van der Waals surface area contributed by atoms with Gasteiger partial charge in [0.05, 0.1) is 5.56 Å². The van der Waals surface area contributed by atoms with Gasteiger partial charge in [-0.15, -0.1) is 0 Å². The standard InChI is InChI=1S/C15H12F3NO5/c1-14(2)23-12(21)10(13(22)24-14)7-19-11(20)8-4-3-5-9(6-8)15(16,17)18/h3-7H,1-2H3,(H,19,20). The number of rotatable bonds is 2. The fourth-order valence-electron chi connectivity index (χ4n) is 1.84. The van der Waals surface area contributed by atoms with Crippen molar-refractivity contribution in [1.82, 2.24) is 5.32 Å². The molecule has 1 aromatic carbocycles. The molecule has 1 aliphatic heterocycles. The van der Waals surface area contributed by atoms with E-state index in [2.05, 4.69) is 5.32 Å². The number of hydrogen-bond donors (Lipinski definition) is 1. The molecule has 1 fully saturated rings. The van der Waals surface area contributed by atoms with E-state index >= 15 is 0 Å². The van der Waals surface area contributed by atoms with Gasteiger partial charge < -0.3 is 14.8 Å². The Morgan fingerprint density at radius 2 is 1.75 bits per heavy atom. The van der Waals surface area contributed by atoms with Crippen molar-refractivity contribution in [2.75, 3.05) is 0 Å². The highest BCUT2D eigenvalue weighted by atomic mass is 19.4. The Bertz CT molecular complexity index is 715. The van der Waals surface area contributed by atoms with Crippen LogP contribution in [0.2, 0.25) is 0 Å². The number of esters is 2. The SMILES string of the molecule is CC1(C)OC(=O)C(=CNC(=O)c2cccc(C(F)(F)F)c2)C(=O)O1. The minimum atomic E-state index is -4.60. The van der Waals surface area contributed by atoms with Crippen molar-refractivity contribution in [2.45, 2.75) is 25.8 Å². The molecule has 0 aliphatic carbocycles. The van der Waals surface area contributed by atoms with Gasteiger partial charge in [0, 0.05) is 25.6 Å². The number of benzene rings is 1. The lowest BCUT2D eigenvalue weighted by atomic mass is 10.1. The van der Waals surface area contributed by atoms with Crippen molar-refractivity contribution in [3.05, 3.63) is 47.2 Å². The van der Waals surface area contributed by atoms with Gasteiger partial charge >= 0.3 is 18.1 Å². The van der Waals surface area contributed by atoms with Crippen molar-refractivity contribution in [3.63, 3.8) is 0 Å². The third-order valence-electron chi connectivity index (χ3n) is 2.92. The molecule has 0 radical (unpaired) electrons. The average molecular weight is 343 g/mol. The first-order valence-corrected chi connectivity index (χ1v) is 6.64. The van der Waals surface area contributed by atoms with E-state index in [1.807, 2.05) is 0 Å². The van der Waals surface area contributed by atoms with E-state index in [4.69, 9.17) is 9.47 Å². The lowest BCUT2D eigenvalue weighted by Gasteiger charge is -2.29. The Morgan fingerprint density at radius 1 is 1.17 bits per heavy atom. The molecule has 0 unspecified atom stereocenters. The predicted molar refractivity (Wildman–Crippen MR) is 73.3 cm³/mol. The van der Waals surface area contributed by atoms with Crippen LogP contribution in [0, 0.1) is 0 Å². The number of nitrogens with one attached hydrogen (secondary N) is 1. The maximum Gasteiger partial charge on any atom is 0.416 e. The molecule has 1 heterocycles. The normalized spacial score (nSPS) is 17.0. The summed E-state index contributed by atoms with van der Waals surface area (Å²) in [6.45, 7) is 2.70. The number of carbonyl (C=O) groups excluding carboxylic acids is 3. The van der Waals surface area contributed by atoms with Crippen molar-refractivity contribution < 1.29 is 37.0 Å². The van der Waals surface area contributed by atoms with Crippen LogP contribution in [0.5, 0.6) is 0 Å². The van der Waals surface area contributed by atoms with E-state index in [1.54, 1.807) is 0 Å². The van der Waals surface area contributed by atoms with Gasteiger partial charge in [0.25, 0.3) is 11.7 Å². The highest BCUT2D eigenvalue weighted by molar-refractivity contribution is 6.15. The topological polar surface area (TPSA) is 81.7 Å². The quantitative estimate of drug-likeness (QED) is 0.506. The molecule has 1 amide bonds. The molecular formula is C15H12F3NO5. The van der Waals surface area contributed by atoms with E-state index < -0.39 is 40.9 Å². The van der Waals surface area contributed by atoms with Gasteiger partial charge in [0.15, 0.2) is 5.57 Å². The third kappa shape index (κ3) is 3.92. The Balaban J connectivity index is 2.16. The minimum absolute atomic E-state index is 0.292. The monoisotopic (exact) mass is 343 g/mol. The summed E-state index contributed by atoms with van der Waals surface area (Å²) in [5.41, 5.74) is -1.87. The fourth-order valence-corrected chi connectivity index (χ4v) is 1.84. The van der Waals surface area contributed by atoms with Crippen molar-refractivity contribution in [2.24, 2.45) is 0 Å². The number of ether oxygens (including phenoxy) is 2. The molecule has 0 atom stereocenters. The van der Waals surface area contributed by atoms with Crippen LogP contribution < -0.4 is 5.32 Å². The molecule has 6 nitrogen and oxygen atoms in total. The number of carbonyl (C=O) groups is 3. The number of hydrogen-bond acceptors (Lipinski definition) is 5. The summed E-state index contributed by atoms with van der Waals surface area (Å²) >= 11 is 0. The lowest BCUT2D eigenvalue weighted by Crippen LogP contribution is -2.42. The summed E-state index contributed by atoms with van der Waals surface area (Å²) in [5.74, 6) is -4.39. The second-order valence-electron chi connectivity index (χ2n) is 5.29. The minimum Gasteiger partial charge on any atom is -0.419 e.